The average Bonchev–Trinajstić information content (AvgIpc) is 3.36. The van der Waals surface area contributed by atoms with Gasteiger partial charge in [0.15, 0.2) is 11.5 Å². The Balaban J connectivity index is 1.51. The Morgan fingerprint density at radius 2 is 1.71 bits per heavy atom. The minimum absolute atomic E-state index is 0.0603. The van der Waals surface area contributed by atoms with Gasteiger partial charge in [0.05, 0.1) is 7.11 Å². The molecule has 0 aliphatic heterocycles. The number of ether oxygens (including phenoxy) is 2. The summed E-state index contributed by atoms with van der Waals surface area (Å²) in [5, 5.41) is 9.77. The van der Waals surface area contributed by atoms with Crippen molar-refractivity contribution < 1.29 is 24.2 Å². The van der Waals surface area contributed by atoms with Gasteiger partial charge in [-0.2, -0.15) is 0 Å². The zero-order chi connectivity index (χ0) is 27.3. The van der Waals surface area contributed by atoms with Crippen molar-refractivity contribution in [3.05, 3.63) is 83.2 Å². The number of Topliss-reactive ketones (excluding diaryl/α,β-unsaturated/α-hetero) is 1. The number of phenols is 1. The van der Waals surface area contributed by atoms with Gasteiger partial charge >= 0.3 is 5.97 Å². The Hall–Kier alpha value is -3.54. The number of carbonyl (C=O) groups excluding carboxylic acids is 2. The van der Waals surface area contributed by atoms with E-state index in [4.69, 9.17) is 9.47 Å². The standard InChI is InChI=1S/C32H41NO5/c1-4-24(18-28-22-33-21-27(28)14-10-25-8-6-5-7-9-25)12-16-30(38-23(2)34)20-29(35)15-11-26-13-17-31(36)32(19-26)37-3/h5-9,13,17,19,21-22,24,30,33,36H,4,10-12,14-16,18,20H2,1-3H3/t24-,30-/m1/s1. The SMILES string of the molecule is CC[C@H](CC[C@H](CC(=O)CCc1ccc(O)c(OC)c1)OC(C)=O)Cc1c[nH]cc1CCc1ccccc1. The Labute approximate surface area is 226 Å². The van der Waals surface area contributed by atoms with E-state index in [2.05, 4.69) is 48.6 Å². The highest BCUT2D eigenvalue weighted by atomic mass is 16.5. The van der Waals surface area contributed by atoms with Crippen molar-refractivity contribution in [1.82, 2.24) is 4.98 Å². The van der Waals surface area contributed by atoms with Crippen LogP contribution < -0.4 is 4.74 Å². The fraction of sp³-hybridized carbons (Fsp3) is 0.438. The molecule has 0 spiro atoms. The molecular weight excluding hydrogens is 478 g/mol. The smallest absolute Gasteiger partial charge is 0.302 e. The molecular formula is C32H41NO5. The summed E-state index contributed by atoms with van der Waals surface area (Å²) in [5.41, 5.74) is 4.95. The Morgan fingerprint density at radius 3 is 2.42 bits per heavy atom. The zero-order valence-electron chi connectivity index (χ0n) is 22.9. The number of aromatic nitrogens is 1. The number of H-pyrrole nitrogens is 1. The second kappa shape index (κ2) is 15.0. The molecule has 204 valence electrons. The first kappa shape index (κ1) is 29.0. The van der Waals surface area contributed by atoms with Gasteiger partial charge in [0, 0.05) is 32.2 Å². The first-order valence-electron chi connectivity index (χ1n) is 13.6. The summed E-state index contributed by atoms with van der Waals surface area (Å²) in [6.45, 7) is 3.59. The molecule has 0 unspecified atom stereocenters. The predicted octanol–water partition coefficient (Wildman–Crippen LogP) is 6.39. The van der Waals surface area contributed by atoms with Crippen LogP contribution in [0.5, 0.6) is 11.5 Å². The molecule has 0 saturated carbocycles. The highest BCUT2D eigenvalue weighted by Gasteiger charge is 2.20. The van der Waals surface area contributed by atoms with Gasteiger partial charge in [0.2, 0.25) is 0 Å². The number of rotatable bonds is 16. The van der Waals surface area contributed by atoms with Crippen LogP contribution in [0.3, 0.4) is 0 Å². The van der Waals surface area contributed by atoms with Gasteiger partial charge in [-0.25, -0.2) is 0 Å². The number of ketones is 1. The van der Waals surface area contributed by atoms with Gasteiger partial charge in [0.25, 0.3) is 0 Å². The predicted molar refractivity (Wildman–Crippen MR) is 150 cm³/mol. The maximum atomic E-state index is 12.8. The second-order valence-corrected chi connectivity index (χ2v) is 10.0. The summed E-state index contributed by atoms with van der Waals surface area (Å²) in [7, 11) is 1.50. The first-order valence-corrected chi connectivity index (χ1v) is 13.6. The summed E-state index contributed by atoms with van der Waals surface area (Å²) in [6, 6.07) is 15.6. The van der Waals surface area contributed by atoms with E-state index < -0.39 is 6.10 Å². The summed E-state index contributed by atoms with van der Waals surface area (Å²) in [5.74, 6) is 0.618. The van der Waals surface area contributed by atoms with Crippen LogP contribution in [0.1, 0.15) is 68.2 Å². The lowest BCUT2D eigenvalue weighted by Crippen LogP contribution is -2.22. The molecule has 0 saturated heterocycles. The summed E-state index contributed by atoms with van der Waals surface area (Å²) < 4.78 is 10.7. The average molecular weight is 520 g/mol. The van der Waals surface area contributed by atoms with E-state index in [-0.39, 0.29) is 23.9 Å². The van der Waals surface area contributed by atoms with Gasteiger partial charge in [0.1, 0.15) is 11.9 Å². The number of aromatic amines is 1. The number of hydrogen-bond donors (Lipinski definition) is 2. The van der Waals surface area contributed by atoms with E-state index in [9.17, 15) is 14.7 Å². The topological polar surface area (TPSA) is 88.6 Å². The van der Waals surface area contributed by atoms with Crippen LogP contribution in [0.15, 0.2) is 60.9 Å². The zero-order valence-corrected chi connectivity index (χ0v) is 22.9. The second-order valence-electron chi connectivity index (χ2n) is 10.0. The van der Waals surface area contributed by atoms with Crippen molar-refractivity contribution in [2.24, 2.45) is 5.92 Å². The van der Waals surface area contributed by atoms with E-state index in [0.29, 0.717) is 30.9 Å². The number of esters is 1. The van der Waals surface area contributed by atoms with Crippen LogP contribution in [0.25, 0.3) is 0 Å². The molecule has 1 aromatic heterocycles. The van der Waals surface area contributed by atoms with Crippen LogP contribution in [0, 0.1) is 5.92 Å². The fourth-order valence-corrected chi connectivity index (χ4v) is 4.91. The quantitative estimate of drug-likeness (QED) is 0.214. The number of hydrogen-bond acceptors (Lipinski definition) is 5. The number of carbonyl (C=O) groups is 2. The van der Waals surface area contributed by atoms with Crippen molar-refractivity contribution in [3.8, 4) is 11.5 Å². The third kappa shape index (κ3) is 9.40. The van der Waals surface area contributed by atoms with Gasteiger partial charge in [-0.1, -0.05) is 49.7 Å². The van der Waals surface area contributed by atoms with Crippen LogP contribution in [-0.4, -0.2) is 35.1 Å². The molecule has 0 bridgehead atoms. The third-order valence-corrected chi connectivity index (χ3v) is 7.16. The number of methoxy groups -OCH3 is 1. The van der Waals surface area contributed by atoms with E-state index in [0.717, 1.165) is 37.7 Å². The molecule has 0 radical (unpaired) electrons. The van der Waals surface area contributed by atoms with Gasteiger partial charge in [-0.15, -0.1) is 0 Å². The van der Waals surface area contributed by atoms with Gasteiger partial charge in [-0.3, -0.25) is 9.59 Å². The number of aryl methyl sites for hydroxylation is 3. The summed E-state index contributed by atoms with van der Waals surface area (Å²) in [6.07, 6.45) is 10.5. The van der Waals surface area contributed by atoms with Crippen LogP contribution in [-0.2, 0) is 40.0 Å². The molecule has 2 aromatic carbocycles. The van der Waals surface area contributed by atoms with Crippen molar-refractivity contribution in [1.29, 1.82) is 0 Å². The van der Waals surface area contributed by atoms with E-state index >= 15 is 0 Å². The maximum absolute atomic E-state index is 12.8. The van der Waals surface area contributed by atoms with Crippen molar-refractivity contribution in [2.75, 3.05) is 7.11 Å². The van der Waals surface area contributed by atoms with E-state index in [1.165, 1.54) is 30.7 Å². The maximum Gasteiger partial charge on any atom is 0.302 e. The Bertz CT molecular complexity index is 1150. The van der Waals surface area contributed by atoms with Gasteiger partial charge < -0.3 is 19.6 Å². The third-order valence-electron chi connectivity index (χ3n) is 7.16. The number of aromatic hydroxyl groups is 1. The van der Waals surface area contributed by atoms with E-state index in [1.54, 1.807) is 18.2 Å². The Morgan fingerprint density at radius 1 is 0.947 bits per heavy atom. The normalized spacial score (nSPS) is 12.6. The Kier molecular flexibility index (Phi) is 11.5. The molecule has 2 atom stereocenters. The number of phenolic OH excluding ortho intramolecular Hbond substituents is 1. The number of benzene rings is 2. The monoisotopic (exact) mass is 519 g/mol. The molecule has 3 rings (SSSR count). The minimum atomic E-state index is -0.410. The molecule has 3 aromatic rings. The van der Waals surface area contributed by atoms with Gasteiger partial charge in [-0.05, 0) is 78.8 Å². The van der Waals surface area contributed by atoms with Crippen LogP contribution in [0.2, 0.25) is 0 Å². The molecule has 0 aliphatic rings. The lowest BCUT2D eigenvalue weighted by Gasteiger charge is -2.21. The highest BCUT2D eigenvalue weighted by Crippen LogP contribution is 2.27. The molecule has 0 aliphatic carbocycles. The highest BCUT2D eigenvalue weighted by molar-refractivity contribution is 5.79. The summed E-state index contributed by atoms with van der Waals surface area (Å²) >= 11 is 0. The van der Waals surface area contributed by atoms with E-state index in [1.807, 2.05) is 6.07 Å². The molecule has 38 heavy (non-hydrogen) atoms. The molecule has 6 nitrogen and oxygen atoms in total. The molecule has 0 amide bonds. The molecule has 0 fully saturated rings. The molecule has 1 heterocycles. The molecule has 6 heteroatoms. The largest absolute Gasteiger partial charge is 0.504 e. The molecule has 2 N–H and O–H groups in total. The minimum Gasteiger partial charge on any atom is -0.504 e. The van der Waals surface area contributed by atoms with Crippen molar-refractivity contribution in [2.45, 2.75) is 77.7 Å². The van der Waals surface area contributed by atoms with Crippen LogP contribution in [0.4, 0.5) is 0 Å². The summed E-state index contributed by atoms with van der Waals surface area (Å²) in [4.78, 5) is 27.8. The fourth-order valence-electron chi connectivity index (χ4n) is 4.91. The lowest BCUT2D eigenvalue weighted by molar-refractivity contribution is -0.148. The first-order chi connectivity index (χ1) is 18.4. The number of nitrogens with one attached hydrogen (secondary N) is 1. The lowest BCUT2D eigenvalue weighted by atomic mass is 9.89. The van der Waals surface area contributed by atoms with Crippen LogP contribution >= 0.6 is 0 Å². The van der Waals surface area contributed by atoms with Crippen molar-refractivity contribution in [3.63, 3.8) is 0 Å². The van der Waals surface area contributed by atoms with Crippen molar-refractivity contribution >= 4 is 11.8 Å².